The van der Waals surface area contributed by atoms with Gasteiger partial charge in [0.2, 0.25) is 0 Å². The molecule has 0 radical (unpaired) electrons. The topological polar surface area (TPSA) is 35.4 Å². The maximum Gasteiger partial charge on any atom is 0.0701 e. The monoisotopic (exact) mass is 226 g/mol. The number of methoxy groups -OCH3 is 1. The summed E-state index contributed by atoms with van der Waals surface area (Å²) < 4.78 is 12.5. The minimum absolute atomic E-state index is 0.664. The van der Waals surface area contributed by atoms with E-state index in [2.05, 4.69) is 35.3 Å². The molecule has 1 aromatic heterocycles. The van der Waals surface area contributed by atoms with Crippen LogP contribution in [0.25, 0.3) is 0 Å². The third kappa shape index (κ3) is 5.30. The molecule has 0 aliphatic rings. The number of nitrogens with zero attached hydrogens (tertiary/aromatic N) is 1. The molecule has 0 atom stereocenters. The van der Waals surface area contributed by atoms with Crippen LogP contribution in [0.5, 0.6) is 0 Å². The zero-order valence-corrected chi connectivity index (χ0v) is 10.2. The quantitative estimate of drug-likeness (QED) is 0.644. The molecule has 0 bridgehead atoms. The maximum atomic E-state index is 5.41. The predicted molar refractivity (Wildman–Crippen MR) is 64.5 cm³/mol. The lowest BCUT2D eigenvalue weighted by Gasteiger charge is -2.04. The van der Waals surface area contributed by atoms with E-state index in [0.717, 1.165) is 26.2 Å². The lowest BCUT2D eigenvalue weighted by molar-refractivity contribution is 0.0666. The number of hydrogen-bond acceptors (Lipinski definition) is 3. The Kier molecular flexibility index (Phi) is 6.88. The summed E-state index contributed by atoms with van der Waals surface area (Å²) >= 11 is 0. The van der Waals surface area contributed by atoms with Crippen molar-refractivity contribution in [2.45, 2.75) is 20.0 Å². The summed E-state index contributed by atoms with van der Waals surface area (Å²) in [5, 5.41) is 3.30. The van der Waals surface area contributed by atoms with Gasteiger partial charge in [-0.3, -0.25) is 0 Å². The van der Waals surface area contributed by atoms with E-state index in [-0.39, 0.29) is 0 Å². The third-order valence-electron chi connectivity index (χ3n) is 2.32. The van der Waals surface area contributed by atoms with E-state index in [1.54, 1.807) is 7.11 Å². The molecule has 4 heteroatoms. The van der Waals surface area contributed by atoms with Gasteiger partial charge in [-0.25, -0.2) is 0 Å². The number of hydrogen-bond donors (Lipinski definition) is 1. The molecule has 1 aromatic rings. The molecule has 1 heterocycles. The zero-order valence-electron chi connectivity index (χ0n) is 10.2. The van der Waals surface area contributed by atoms with E-state index in [1.165, 1.54) is 5.56 Å². The fourth-order valence-corrected chi connectivity index (χ4v) is 1.42. The van der Waals surface area contributed by atoms with Gasteiger partial charge in [-0.1, -0.05) is 6.92 Å². The fourth-order valence-electron chi connectivity index (χ4n) is 1.42. The first-order valence-electron chi connectivity index (χ1n) is 5.79. The highest BCUT2D eigenvalue weighted by molar-refractivity contribution is 5.09. The number of nitrogens with one attached hydrogen (secondary N) is 1. The van der Waals surface area contributed by atoms with Crippen molar-refractivity contribution in [2.75, 3.05) is 33.5 Å². The molecule has 0 fully saturated rings. The number of aromatic nitrogens is 1. The Morgan fingerprint density at radius 1 is 1.31 bits per heavy atom. The Morgan fingerprint density at radius 3 is 2.94 bits per heavy atom. The van der Waals surface area contributed by atoms with Gasteiger partial charge in [0.1, 0.15) is 0 Å². The van der Waals surface area contributed by atoms with Crippen LogP contribution in [0.1, 0.15) is 12.5 Å². The van der Waals surface area contributed by atoms with Crippen LogP contribution in [-0.2, 0) is 22.6 Å². The van der Waals surface area contributed by atoms with Crippen molar-refractivity contribution in [1.82, 2.24) is 9.88 Å². The Balaban J connectivity index is 2.14. The molecule has 0 spiro atoms. The molecule has 0 saturated heterocycles. The normalized spacial score (nSPS) is 10.9. The largest absolute Gasteiger partial charge is 0.382 e. The Hall–Kier alpha value is -0.840. The van der Waals surface area contributed by atoms with Gasteiger partial charge in [-0.2, -0.15) is 0 Å². The van der Waals surface area contributed by atoms with E-state index in [4.69, 9.17) is 9.47 Å². The van der Waals surface area contributed by atoms with Crippen LogP contribution in [-0.4, -0.2) is 38.0 Å². The summed E-state index contributed by atoms with van der Waals surface area (Å²) in [6.45, 7) is 7.02. The SMILES string of the molecule is CCNCc1ccn(CCOCCOC)c1. The molecule has 1 rings (SSSR count). The maximum absolute atomic E-state index is 5.41. The van der Waals surface area contributed by atoms with E-state index < -0.39 is 0 Å². The average molecular weight is 226 g/mol. The minimum atomic E-state index is 0.664. The molecule has 0 aliphatic carbocycles. The molecule has 4 nitrogen and oxygen atoms in total. The average Bonchev–Trinajstić information content (AvgIpc) is 2.74. The fraction of sp³-hybridized carbons (Fsp3) is 0.667. The summed E-state index contributed by atoms with van der Waals surface area (Å²) in [7, 11) is 1.68. The molecule has 0 aromatic carbocycles. The summed E-state index contributed by atoms with van der Waals surface area (Å²) in [5.74, 6) is 0. The van der Waals surface area contributed by atoms with Crippen molar-refractivity contribution in [2.24, 2.45) is 0 Å². The molecule has 16 heavy (non-hydrogen) atoms. The second-order valence-corrected chi connectivity index (χ2v) is 3.64. The molecule has 0 saturated carbocycles. The van der Waals surface area contributed by atoms with E-state index in [1.807, 2.05) is 0 Å². The summed E-state index contributed by atoms with van der Waals surface area (Å²) in [4.78, 5) is 0. The minimum Gasteiger partial charge on any atom is -0.382 e. The van der Waals surface area contributed by atoms with Crippen molar-refractivity contribution in [3.8, 4) is 0 Å². The number of ether oxygens (including phenoxy) is 2. The molecule has 92 valence electrons. The molecule has 0 unspecified atom stereocenters. The highest BCUT2D eigenvalue weighted by Gasteiger charge is 1.96. The predicted octanol–water partition coefficient (Wildman–Crippen LogP) is 1.26. The third-order valence-corrected chi connectivity index (χ3v) is 2.32. The Labute approximate surface area is 97.5 Å². The van der Waals surface area contributed by atoms with Crippen molar-refractivity contribution >= 4 is 0 Å². The molecular formula is C12H22N2O2. The van der Waals surface area contributed by atoms with Gasteiger partial charge in [0.15, 0.2) is 0 Å². The van der Waals surface area contributed by atoms with Crippen molar-refractivity contribution in [3.63, 3.8) is 0 Å². The lowest BCUT2D eigenvalue weighted by Crippen LogP contribution is -2.11. The summed E-state index contributed by atoms with van der Waals surface area (Å²) in [6.07, 6.45) is 4.24. The van der Waals surface area contributed by atoms with Gasteiger partial charge >= 0.3 is 0 Å². The molecule has 1 N–H and O–H groups in total. The Morgan fingerprint density at radius 2 is 2.19 bits per heavy atom. The summed E-state index contributed by atoms with van der Waals surface area (Å²) in [5.41, 5.74) is 1.32. The summed E-state index contributed by atoms with van der Waals surface area (Å²) in [6, 6.07) is 2.14. The van der Waals surface area contributed by atoms with Crippen molar-refractivity contribution < 1.29 is 9.47 Å². The van der Waals surface area contributed by atoms with E-state index in [9.17, 15) is 0 Å². The zero-order chi connectivity index (χ0) is 11.6. The van der Waals surface area contributed by atoms with Gasteiger partial charge in [-0.05, 0) is 18.2 Å². The number of rotatable bonds is 9. The first-order chi connectivity index (χ1) is 7.86. The second kappa shape index (κ2) is 8.33. The molecule has 0 aliphatic heterocycles. The van der Waals surface area contributed by atoms with Crippen LogP contribution in [0, 0.1) is 0 Å². The highest BCUT2D eigenvalue weighted by atomic mass is 16.5. The first kappa shape index (κ1) is 13.2. The van der Waals surface area contributed by atoms with Crippen LogP contribution >= 0.6 is 0 Å². The van der Waals surface area contributed by atoms with Gasteiger partial charge in [-0.15, -0.1) is 0 Å². The highest BCUT2D eigenvalue weighted by Crippen LogP contribution is 2.00. The van der Waals surface area contributed by atoms with Gasteiger partial charge in [0.05, 0.1) is 19.8 Å². The van der Waals surface area contributed by atoms with E-state index in [0.29, 0.717) is 13.2 Å². The molecular weight excluding hydrogens is 204 g/mol. The van der Waals surface area contributed by atoms with Crippen LogP contribution in [0.2, 0.25) is 0 Å². The smallest absolute Gasteiger partial charge is 0.0701 e. The first-order valence-corrected chi connectivity index (χ1v) is 5.79. The van der Waals surface area contributed by atoms with Crippen LogP contribution in [0.3, 0.4) is 0 Å². The Bertz CT molecular complexity index is 274. The van der Waals surface area contributed by atoms with Crippen LogP contribution < -0.4 is 5.32 Å². The van der Waals surface area contributed by atoms with Gasteiger partial charge in [0.25, 0.3) is 0 Å². The second-order valence-electron chi connectivity index (χ2n) is 3.64. The van der Waals surface area contributed by atoms with Crippen LogP contribution in [0.15, 0.2) is 18.5 Å². The lowest BCUT2D eigenvalue weighted by atomic mass is 10.3. The standard InChI is InChI=1S/C12H22N2O2/c1-3-13-10-12-4-5-14(11-12)6-7-16-9-8-15-2/h4-5,11,13H,3,6-10H2,1-2H3. The van der Waals surface area contributed by atoms with Gasteiger partial charge < -0.3 is 19.4 Å². The molecule has 0 amide bonds. The van der Waals surface area contributed by atoms with Crippen LogP contribution in [0.4, 0.5) is 0 Å². The van der Waals surface area contributed by atoms with Crippen molar-refractivity contribution in [3.05, 3.63) is 24.0 Å². The van der Waals surface area contributed by atoms with E-state index >= 15 is 0 Å². The van der Waals surface area contributed by atoms with Gasteiger partial charge in [0, 0.05) is 32.6 Å². The van der Waals surface area contributed by atoms with Crippen molar-refractivity contribution in [1.29, 1.82) is 0 Å².